The summed E-state index contributed by atoms with van der Waals surface area (Å²) in [5, 5.41) is 14.0. The third kappa shape index (κ3) is 4.76. The molecule has 3 aromatic rings. The summed E-state index contributed by atoms with van der Waals surface area (Å²) in [6, 6.07) is 20.6. The van der Waals surface area contributed by atoms with Crippen molar-refractivity contribution in [3.63, 3.8) is 0 Å². The van der Waals surface area contributed by atoms with Crippen LogP contribution in [0, 0.1) is 15.9 Å². The molecule has 0 aromatic heterocycles. The molecule has 0 radical (unpaired) electrons. The minimum absolute atomic E-state index is 0.00681. The maximum atomic E-state index is 13.4. The molecule has 0 heterocycles. The molecule has 0 amide bonds. The van der Waals surface area contributed by atoms with Crippen molar-refractivity contribution in [2.45, 2.75) is 12.5 Å². The van der Waals surface area contributed by atoms with E-state index in [9.17, 15) is 19.3 Å². The second kappa shape index (κ2) is 8.23. The molecule has 0 bridgehead atoms. The van der Waals surface area contributed by atoms with Gasteiger partial charge in [-0.1, -0.05) is 42.5 Å². The highest BCUT2D eigenvalue weighted by Gasteiger charge is 2.18. The van der Waals surface area contributed by atoms with Crippen LogP contribution in [-0.2, 0) is 0 Å². The Bertz CT molecular complexity index is 943. The molecule has 1 N–H and O–H groups in total. The number of Topliss-reactive ketones (excluding diaryl/α,β-unsaturated/α-hetero) is 1. The minimum atomic E-state index is -0.466. The molecule has 0 fully saturated rings. The zero-order valence-corrected chi connectivity index (χ0v) is 14.3. The fraction of sp³-hybridized carbons (Fsp3) is 0.0952. The molecular weight excluding hydrogens is 347 g/mol. The van der Waals surface area contributed by atoms with Crippen LogP contribution in [0.2, 0.25) is 0 Å². The van der Waals surface area contributed by atoms with Crippen LogP contribution in [0.1, 0.15) is 28.4 Å². The predicted octanol–water partition coefficient (Wildman–Crippen LogP) is 5.16. The van der Waals surface area contributed by atoms with Gasteiger partial charge in [0.05, 0.1) is 11.0 Å². The largest absolute Gasteiger partial charge is 0.378 e. The molecule has 0 saturated carbocycles. The number of hydrogen-bond donors (Lipinski definition) is 1. The summed E-state index contributed by atoms with van der Waals surface area (Å²) in [5.74, 6) is -0.654. The molecule has 136 valence electrons. The van der Waals surface area contributed by atoms with Gasteiger partial charge in [-0.25, -0.2) is 4.39 Å². The van der Waals surface area contributed by atoms with Gasteiger partial charge in [0.2, 0.25) is 0 Å². The van der Waals surface area contributed by atoms with Crippen LogP contribution in [-0.4, -0.2) is 10.7 Å². The molecule has 6 heteroatoms. The van der Waals surface area contributed by atoms with Crippen LogP contribution in [0.4, 0.5) is 15.8 Å². The van der Waals surface area contributed by atoms with Gasteiger partial charge in [0.1, 0.15) is 5.82 Å². The Morgan fingerprint density at radius 3 is 2.33 bits per heavy atom. The van der Waals surface area contributed by atoms with Gasteiger partial charge in [0, 0.05) is 29.8 Å². The first-order valence-corrected chi connectivity index (χ1v) is 8.37. The van der Waals surface area contributed by atoms with E-state index in [2.05, 4.69) is 5.32 Å². The van der Waals surface area contributed by atoms with Crippen molar-refractivity contribution in [3.05, 3.63) is 106 Å². The monoisotopic (exact) mass is 364 g/mol. The van der Waals surface area contributed by atoms with E-state index in [1.165, 1.54) is 30.3 Å². The summed E-state index contributed by atoms with van der Waals surface area (Å²) in [6.45, 7) is 0. The van der Waals surface area contributed by atoms with Crippen molar-refractivity contribution >= 4 is 17.2 Å². The number of benzene rings is 3. The minimum Gasteiger partial charge on any atom is -0.378 e. The third-order valence-electron chi connectivity index (χ3n) is 4.16. The second-order valence-corrected chi connectivity index (χ2v) is 6.05. The molecular formula is C21H17FN2O3. The van der Waals surface area contributed by atoms with Crippen LogP contribution < -0.4 is 5.32 Å². The van der Waals surface area contributed by atoms with Crippen molar-refractivity contribution in [3.8, 4) is 0 Å². The number of anilines is 1. The van der Waals surface area contributed by atoms with Gasteiger partial charge in [-0.05, 0) is 29.8 Å². The maximum Gasteiger partial charge on any atom is 0.269 e. The molecule has 1 unspecified atom stereocenters. The molecule has 0 saturated heterocycles. The molecule has 1 atom stereocenters. The first-order chi connectivity index (χ1) is 13.0. The molecule has 0 aliphatic rings. The van der Waals surface area contributed by atoms with E-state index in [0.29, 0.717) is 11.3 Å². The number of hydrogen-bond acceptors (Lipinski definition) is 4. The van der Waals surface area contributed by atoms with Crippen LogP contribution in [0.3, 0.4) is 0 Å². The summed E-state index contributed by atoms with van der Waals surface area (Å²) in [4.78, 5) is 22.9. The van der Waals surface area contributed by atoms with E-state index in [0.717, 1.165) is 5.56 Å². The average Bonchev–Trinajstić information content (AvgIpc) is 2.68. The first-order valence-electron chi connectivity index (χ1n) is 8.37. The number of carbonyl (C=O) groups is 1. The Balaban J connectivity index is 1.83. The van der Waals surface area contributed by atoms with Crippen LogP contribution in [0.15, 0.2) is 78.9 Å². The fourth-order valence-corrected chi connectivity index (χ4v) is 2.78. The molecule has 3 aromatic carbocycles. The van der Waals surface area contributed by atoms with Gasteiger partial charge in [0.15, 0.2) is 5.78 Å². The lowest BCUT2D eigenvalue weighted by Gasteiger charge is -2.20. The third-order valence-corrected chi connectivity index (χ3v) is 4.16. The molecule has 5 nitrogen and oxygen atoms in total. The molecule has 0 aliphatic carbocycles. The predicted molar refractivity (Wildman–Crippen MR) is 101 cm³/mol. The lowest BCUT2D eigenvalue weighted by Crippen LogP contribution is -2.16. The smallest absolute Gasteiger partial charge is 0.269 e. The van der Waals surface area contributed by atoms with E-state index in [1.807, 2.05) is 30.3 Å². The number of ketones is 1. The standard InChI is InChI=1S/C21H17FN2O3/c22-17-8-4-7-16(13-17)21(25)14-20(15-5-2-1-3-6-15)23-18-9-11-19(12-10-18)24(26)27/h1-13,20,23H,14H2. The van der Waals surface area contributed by atoms with E-state index in [1.54, 1.807) is 18.2 Å². The van der Waals surface area contributed by atoms with Gasteiger partial charge < -0.3 is 5.32 Å². The number of nitrogens with one attached hydrogen (secondary N) is 1. The van der Waals surface area contributed by atoms with Crippen LogP contribution >= 0.6 is 0 Å². The van der Waals surface area contributed by atoms with Crippen molar-refractivity contribution in [1.82, 2.24) is 0 Å². The number of rotatable bonds is 7. The SMILES string of the molecule is O=C(CC(Nc1ccc([N+](=O)[O-])cc1)c1ccccc1)c1cccc(F)c1. The van der Waals surface area contributed by atoms with E-state index >= 15 is 0 Å². The number of nitrogens with zero attached hydrogens (tertiary/aromatic N) is 1. The first kappa shape index (κ1) is 18.3. The Morgan fingerprint density at radius 1 is 1.00 bits per heavy atom. The summed E-state index contributed by atoms with van der Waals surface area (Å²) in [7, 11) is 0. The van der Waals surface area contributed by atoms with Gasteiger partial charge >= 0.3 is 0 Å². The van der Waals surface area contributed by atoms with Crippen LogP contribution in [0.5, 0.6) is 0 Å². The Morgan fingerprint density at radius 2 is 1.70 bits per heavy atom. The van der Waals surface area contributed by atoms with Crippen molar-refractivity contribution in [2.24, 2.45) is 0 Å². The Hall–Kier alpha value is -3.54. The summed E-state index contributed by atoms with van der Waals surface area (Å²) in [6.07, 6.45) is 0.116. The van der Waals surface area contributed by atoms with E-state index in [-0.39, 0.29) is 23.9 Å². The fourth-order valence-electron chi connectivity index (χ4n) is 2.78. The quantitative estimate of drug-likeness (QED) is 0.357. The van der Waals surface area contributed by atoms with Crippen molar-refractivity contribution in [1.29, 1.82) is 0 Å². The topological polar surface area (TPSA) is 72.2 Å². The Kier molecular flexibility index (Phi) is 5.56. The van der Waals surface area contributed by atoms with Crippen LogP contribution in [0.25, 0.3) is 0 Å². The maximum absolute atomic E-state index is 13.4. The van der Waals surface area contributed by atoms with Gasteiger partial charge in [-0.2, -0.15) is 0 Å². The number of non-ortho nitro benzene ring substituents is 1. The molecule has 27 heavy (non-hydrogen) atoms. The second-order valence-electron chi connectivity index (χ2n) is 6.05. The highest BCUT2D eigenvalue weighted by Crippen LogP contribution is 2.26. The van der Waals surface area contributed by atoms with Crippen molar-refractivity contribution in [2.75, 3.05) is 5.32 Å². The Labute approximate surface area is 155 Å². The number of nitro groups is 1. The summed E-state index contributed by atoms with van der Waals surface area (Å²) in [5.41, 5.74) is 1.84. The summed E-state index contributed by atoms with van der Waals surface area (Å²) >= 11 is 0. The van der Waals surface area contributed by atoms with Gasteiger partial charge in [0.25, 0.3) is 5.69 Å². The average molecular weight is 364 g/mol. The van der Waals surface area contributed by atoms with Gasteiger partial charge in [-0.15, -0.1) is 0 Å². The lowest BCUT2D eigenvalue weighted by atomic mass is 9.97. The van der Waals surface area contributed by atoms with E-state index < -0.39 is 10.7 Å². The van der Waals surface area contributed by atoms with Gasteiger partial charge in [-0.3, -0.25) is 14.9 Å². The number of nitro benzene ring substituents is 1. The summed E-state index contributed by atoms with van der Waals surface area (Å²) < 4.78 is 13.4. The lowest BCUT2D eigenvalue weighted by molar-refractivity contribution is -0.384. The normalized spacial score (nSPS) is 11.6. The number of carbonyl (C=O) groups excluding carboxylic acids is 1. The highest BCUT2D eigenvalue weighted by molar-refractivity contribution is 5.96. The zero-order valence-electron chi connectivity index (χ0n) is 14.3. The molecule has 3 rings (SSSR count). The molecule has 0 spiro atoms. The number of halogens is 1. The highest BCUT2D eigenvalue weighted by atomic mass is 19.1. The molecule has 0 aliphatic heterocycles. The van der Waals surface area contributed by atoms with E-state index in [4.69, 9.17) is 0 Å². The zero-order chi connectivity index (χ0) is 19.2. The van der Waals surface area contributed by atoms with Crippen molar-refractivity contribution < 1.29 is 14.1 Å².